The number of hydrogen-bond acceptors (Lipinski definition) is 5. The highest BCUT2D eigenvalue weighted by molar-refractivity contribution is 6.04. The van der Waals surface area contributed by atoms with Crippen molar-refractivity contribution in [3.05, 3.63) is 65.9 Å². The number of morpholine rings is 1. The number of rotatable bonds is 7. The summed E-state index contributed by atoms with van der Waals surface area (Å²) in [7, 11) is 0. The number of hydrogen-bond donors (Lipinski definition) is 2. The zero-order chi connectivity index (χ0) is 22.6. The van der Waals surface area contributed by atoms with Crippen LogP contribution < -0.4 is 10.6 Å². The minimum atomic E-state index is -0.308. The van der Waals surface area contributed by atoms with Crippen LogP contribution in [0.3, 0.4) is 0 Å². The summed E-state index contributed by atoms with van der Waals surface area (Å²) in [6.07, 6.45) is 0.289. The zero-order valence-corrected chi connectivity index (χ0v) is 18.5. The predicted molar refractivity (Wildman–Crippen MR) is 124 cm³/mol. The fourth-order valence-electron chi connectivity index (χ4n) is 3.84. The van der Waals surface area contributed by atoms with Crippen LogP contribution in [0.15, 0.2) is 59.0 Å². The number of anilines is 1. The summed E-state index contributed by atoms with van der Waals surface area (Å²) in [5.74, 6) is -0.0695. The first-order valence-electron chi connectivity index (χ1n) is 10.9. The van der Waals surface area contributed by atoms with Crippen molar-refractivity contribution in [2.24, 2.45) is 0 Å². The fraction of sp³-hybridized carbons (Fsp3) is 0.360. The van der Waals surface area contributed by atoms with Crippen LogP contribution in [-0.4, -0.2) is 55.1 Å². The maximum atomic E-state index is 12.5. The van der Waals surface area contributed by atoms with Gasteiger partial charge in [-0.15, -0.1) is 0 Å². The number of nitrogens with one attached hydrogen (secondary N) is 2. The molecule has 2 amide bonds. The Morgan fingerprint density at radius 1 is 1.03 bits per heavy atom. The normalized spacial score (nSPS) is 14.9. The van der Waals surface area contributed by atoms with Gasteiger partial charge >= 0.3 is 0 Å². The second-order valence-corrected chi connectivity index (χ2v) is 8.66. The van der Waals surface area contributed by atoms with Gasteiger partial charge in [-0.05, 0) is 43.7 Å². The van der Waals surface area contributed by atoms with Gasteiger partial charge in [-0.25, -0.2) is 0 Å². The van der Waals surface area contributed by atoms with Crippen LogP contribution in [0.25, 0.3) is 11.0 Å². The molecule has 3 aromatic rings. The average Bonchev–Trinajstić information content (AvgIpc) is 3.24. The third-order valence-corrected chi connectivity index (χ3v) is 5.81. The van der Waals surface area contributed by atoms with Crippen molar-refractivity contribution in [1.82, 2.24) is 10.2 Å². The standard InChI is InChI=1S/C25H29N3O4/c1-25(2,28-11-13-31-14-12-28)17-26-23(29)15-18-7-9-20(10-8-18)27-24(30)22-16-19-5-3-4-6-21(19)32-22/h3-10,16H,11-15,17H2,1-2H3,(H,26,29)(H,27,30). The van der Waals surface area contributed by atoms with Crippen LogP contribution in [0.1, 0.15) is 30.0 Å². The largest absolute Gasteiger partial charge is 0.451 e. The van der Waals surface area contributed by atoms with Crippen molar-refractivity contribution < 1.29 is 18.7 Å². The Balaban J connectivity index is 1.28. The van der Waals surface area contributed by atoms with Gasteiger partial charge in [0.25, 0.3) is 5.91 Å². The monoisotopic (exact) mass is 435 g/mol. The van der Waals surface area contributed by atoms with E-state index in [0.717, 1.165) is 37.3 Å². The van der Waals surface area contributed by atoms with E-state index in [2.05, 4.69) is 29.4 Å². The lowest BCUT2D eigenvalue weighted by Gasteiger charge is -2.40. The number of carbonyl (C=O) groups excluding carboxylic acids is 2. The molecule has 0 saturated carbocycles. The second-order valence-electron chi connectivity index (χ2n) is 8.66. The van der Waals surface area contributed by atoms with E-state index in [9.17, 15) is 9.59 Å². The minimum Gasteiger partial charge on any atom is -0.451 e. The molecule has 7 nitrogen and oxygen atoms in total. The number of furan rings is 1. The van der Waals surface area contributed by atoms with Crippen molar-refractivity contribution >= 4 is 28.5 Å². The molecule has 0 unspecified atom stereocenters. The molecule has 0 bridgehead atoms. The Labute approximate surface area is 187 Å². The number of para-hydroxylation sites is 1. The summed E-state index contributed by atoms with van der Waals surface area (Å²) in [6, 6.07) is 16.5. The molecule has 1 aromatic heterocycles. The molecule has 1 aliphatic heterocycles. The van der Waals surface area contributed by atoms with Gasteiger partial charge in [-0.2, -0.15) is 0 Å². The minimum absolute atomic E-state index is 0.0228. The van der Waals surface area contributed by atoms with Crippen LogP contribution >= 0.6 is 0 Å². The number of nitrogens with zero attached hydrogens (tertiary/aromatic N) is 1. The van der Waals surface area contributed by atoms with Crippen molar-refractivity contribution in [3.63, 3.8) is 0 Å². The Morgan fingerprint density at radius 3 is 2.47 bits per heavy atom. The number of carbonyl (C=O) groups is 2. The summed E-state index contributed by atoms with van der Waals surface area (Å²) in [5, 5.41) is 6.76. The van der Waals surface area contributed by atoms with Gasteiger partial charge in [-0.3, -0.25) is 14.5 Å². The van der Waals surface area contributed by atoms with Crippen molar-refractivity contribution in [2.45, 2.75) is 25.8 Å². The van der Waals surface area contributed by atoms with E-state index >= 15 is 0 Å². The molecule has 0 atom stereocenters. The van der Waals surface area contributed by atoms with E-state index < -0.39 is 0 Å². The van der Waals surface area contributed by atoms with Crippen LogP contribution in [0.2, 0.25) is 0 Å². The Kier molecular flexibility index (Phi) is 6.58. The number of fused-ring (bicyclic) bond motifs is 1. The van der Waals surface area contributed by atoms with Gasteiger partial charge < -0.3 is 19.8 Å². The molecule has 168 valence electrons. The van der Waals surface area contributed by atoms with Gasteiger partial charge in [0.15, 0.2) is 5.76 Å². The molecule has 0 radical (unpaired) electrons. The van der Waals surface area contributed by atoms with Gasteiger partial charge in [0.1, 0.15) is 5.58 Å². The first kappa shape index (κ1) is 22.0. The zero-order valence-electron chi connectivity index (χ0n) is 18.5. The molecule has 32 heavy (non-hydrogen) atoms. The lowest BCUT2D eigenvalue weighted by Crippen LogP contribution is -2.55. The highest BCUT2D eigenvalue weighted by atomic mass is 16.5. The molecule has 7 heteroatoms. The smallest absolute Gasteiger partial charge is 0.291 e. The molecule has 2 aromatic carbocycles. The predicted octanol–water partition coefficient (Wildman–Crippen LogP) is 3.45. The third-order valence-electron chi connectivity index (χ3n) is 5.81. The van der Waals surface area contributed by atoms with E-state index in [1.807, 2.05) is 36.4 Å². The summed E-state index contributed by atoms with van der Waals surface area (Å²) < 4.78 is 11.0. The highest BCUT2D eigenvalue weighted by Crippen LogP contribution is 2.20. The summed E-state index contributed by atoms with van der Waals surface area (Å²) in [5.41, 5.74) is 2.09. The second kappa shape index (κ2) is 9.54. The molecule has 0 spiro atoms. The fourth-order valence-corrected chi connectivity index (χ4v) is 3.84. The van der Waals surface area contributed by atoms with Gasteiger partial charge in [0, 0.05) is 36.2 Å². The van der Waals surface area contributed by atoms with Crippen molar-refractivity contribution in [2.75, 3.05) is 38.2 Å². The van der Waals surface area contributed by atoms with E-state index in [4.69, 9.17) is 9.15 Å². The number of benzene rings is 2. The van der Waals surface area contributed by atoms with Gasteiger partial charge in [0.05, 0.1) is 19.6 Å². The summed E-state index contributed by atoms with van der Waals surface area (Å²) in [6.45, 7) is 8.08. The van der Waals surface area contributed by atoms with Crippen LogP contribution in [0.5, 0.6) is 0 Å². The van der Waals surface area contributed by atoms with E-state index in [1.165, 1.54) is 0 Å². The number of amides is 2. The lowest BCUT2D eigenvalue weighted by molar-refractivity contribution is -0.121. The molecule has 1 aliphatic rings. The van der Waals surface area contributed by atoms with Gasteiger partial charge in [0.2, 0.25) is 5.91 Å². The molecule has 4 rings (SSSR count). The van der Waals surface area contributed by atoms with E-state index in [0.29, 0.717) is 17.8 Å². The third kappa shape index (κ3) is 5.36. The van der Waals surface area contributed by atoms with Crippen molar-refractivity contribution in [3.8, 4) is 0 Å². The summed E-state index contributed by atoms with van der Waals surface area (Å²) >= 11 is 0. The first-order chi connectivity index (χ1) is 15.4. The molecule has 2 N–H and O–H groups in total. The Bertz CT molecular complexity index is 1050. The Morgan fingerprint density at radius 2 is 1.75 bits per heavy atom. The molecule has 2 heterocycles. The van der Waals surface area contributed by atoms with Gasteiger partial charge in [-0.1, -0.05) is 30.3 Å². The lowest BCUT2D eigenvalue weighted by atomic mass is 10.0. The maximum absolute atomic E-state index is 12.5. The SMILES string of the molecule is CC(C)(CNC(=O)Cc1ccc(NC(=O)c2cc3ccccc3o2)cc1)N1CCOCC1. The molecular formula is C25H29N3O4. The average molecular weight is 436 g/mol. The quantitative estimate of drug-likeness (QED) is 0.594. The van der Waals surface area contributed by atoms with Crippen molar-refractivity contribution in [1.29, 1.82) is 0 Å². The van der Waals surface area contributed by atoms with Crippen LogP contribution in [0.4, 0.5) is 5.69 Å². The highest BCUT2D eigenvalue weighted by Gasteiger charge is 2.28. The number of ether oxygens (including phenoxy) is 1. The topological polar surface area (TPSA) is 83.8 Å². The van der Waals surface area contributed by atoms with Crippen LogP contribution in [-0.2, 0) is 16.0 Å². The Hall–Kier alpha value is -3.16. The molecule has 0 aliphatic carbocycles. The molecule has 1 saturated heterocycles. The molecule has 1 fully saturated rings. The first-order valence-corrected chi connectivity index (χ1v) is 10.9. The van der Waals surface area contributed by atoms with E-state index in [1.54, 1.807) is 18.2 Å². The summed E-state index contributed by atoms with van der Waals surface area (Å²) in [4.78, 5) is 27.3. The van der Waals surface area contributed by atoms with Crippen LogP contribution in [0, 0.1) is 0 Å². The molecular weight excluding hydrogens is 406 g/mol. The van der Waals surface area contributed by atoms with E-state index in [-0.39, 0.29) is 29.5 Å². The maximum Gasteiger partial charge on any atom is 0.291 e.